The summed E-state index contributed by atoms with van der Waals surface area (Å²) in [4.78, 5) is 17.0. The quantitative estimate of drug-likeness (QED) is 0.462. The second kappa shape index (κ2) is 9.34. The predicted molar refractivity (Wildman–Crippen MR) is 115 cm³/mol. The van der Waals surface area contributed by atoms with Gasteiger partial charge in [-0.15, -0.1) is 11.3 Å². The van der Waals surface area contributed by atoms with Gasteiger partial charge in [-0.05, 0) is 43.2 Å². The number of aliphatic hydroxyl groups is 1. The Kier molecular flexibility index (Phi) is 6.62. The third-order valence-electron chi connectivity index (χ3n) is 4.22. The normalized spacial score (nSPS) is 10.5. The number of aromatic nitrogens is 1. The molecular weight excluding hydrogens is 372 g/mol. The van der Waals surface area contributed by atoms with E-state index >= 15 is 0 Å². The molecule has 7 heteroatoms. The van der Waals surface area contributed by atoms with Crippen LogP contribution >= 0.6 is 11.3 Å². The lowest BCUT2D eigenvalue weighted by atomic mass is 10.1. The van der Waals surface area contributed by atoms with Crippen LogP contribution in [0.5, 0.6) is 0 Å². The predicted octanol–water partition coefficient (Wildman–Crippen LogP) is 4.03. The molecule has 0 atom stereocenters. The molecule has 1 amide bonds. The number of hydrogen-bond acceptors (Lipinski definition) is 6. The fraction of sp³-hybridized carbons (Fsp3) is 0.238. The lowest BCUT2D eigenvalue weighted by Crippen LogP contribution is -2.16. The summed E-state index contributed by atoms with van der Waals surface area (Å²) in [7, 11) is 0. The number of rotatable bonds is 8. The first-order valence-corrected chi connectivity index (χ1v) is 9.95. The van der Waals surface area contributed by atoms with E-state index in [-0.39, 0.29) is 12.5 Å². The van der Waals surface area contributed by atoms with Crippen LogP contribution in [-0.4, -0.2) is 29.1 Å². The van der Waals surface area contributed by atoms with Gasteiger partial charge in [0.05, 0.1) is 17.9 Å². The van der Waals surface area contributed by atoms with Gasteiger partial charge < -0.3 is 15.7 Å². The highest BCUT2D eigenvalue weighted by Gasteiger charge is 2.14. The highest BCUT2D eigenvalue weighted by atomic mass is 32.1. The molecule has 3 aromatic rings. The van der Waals surface area contributed by atoms with Gasteiger partial charge in [0, 0.05) is 29.8 Å². The summed E-state index contributed by atoms with van der Waals surface area (Å²) in [5.74, 6) is -0.229. The molecule has 1 heterocycles. The topological polar surface area (TPSA) is 86.3 Å². The Balaban J connectivity index is 1.76. The van der Waals surface area contributed by atoms with Gasteiger partial charge in [0.1, 0.15) is 0 Å². The molecule has 0 saturated carbocycles. The van der Waals surface area contributed by atoms with Crippen molar-refractivity contribution in [3.05, 3.63) is 70.2 Å². The zero-order valence-corrected chi connectivity index (χ0v) is 16.8. The number of benzene rings is 2. The van der Waals surface area contributed by atoms with E-state index in [1.807, 2.05) is 42.6 Å². The van der Waals surface area contributed by atoms with Crippen molar-refractivity contribution in [1.29, 1.82) is 0 Å². The molecular formula is C21H24N4O2S. The SMILES string of the molecule is Cc1csc(NC(=O)c2ccc(CNc3ccccc3C)cc2NCCO)n1. The zero-order valence-electron chi connectivity index (χ0n) is 16.0. The molecule has 0 aliphatic heterocycles. The van der Waals surface area contributed by atoms with E-state index in [4.69, 9.17) is 5.11 Å². The van der Waals surface area contributed by atoms with Crippen LogP contribution in [0.25, 0.3) is 0 Å². The molecule has 6 nitrogen and oxygen atoms in total. The van der Waals surface area contributed by atoms with Gasteiger partial charge in [-0.25, -0.2) is 4.98 Å². The van der Waals surface area contributed by atoms with E-state index in [2.05, 4.69) is 33.9 Å². The molecule has 0 unspecified atom stereocenters. The molecule has 2 aromatic carbocycles. The van der Waals surface area contributed by atoms with Crippen molar-refractivity contribution < 1.29 is 9.90 Å². The van der Waals surface area contributed by atoms with Gasteiger partial charge in [0.15, 0.2) is 5.13 Å². The van der Waals surface area contributed by atoms with Crippen molar-refractivity contribution in [3.8, 4) is 0 Å². The smallest absolute Gasteiger partial charge is 0.259 e. The first-order chi connectivity index (χ1) is 13.6. The minimum absolute atomic E-state index is 0.0155. The summed E-state index contributed by atoms with van der Waals surface area (Å²) in [6.07, 6.45) is 0. The van der Waals surface area contributed by atoms with Crippen molar-refractivity contribution in [2.75, 3.05) is 29.1 Å². The molecule has 28 heavy (non-hydrogen) atoms. The van der Waals surface area contributed by atoms with E-state index in [1.54, 1.807) is 6.07 Å². The number of nitrogens with zero attached hydrogens (tertiary/aromatic N) is 1. The van der Waals surface area contributed by atoms with Gasteiger partial charge in [0.2, 0.25) is 0 Å². The van der Waals surface area contributed by atoms with Crippen LogP contribution in [0, 0.1) is 13.8 Å². The second-order valence-electron chi connectivity index (χ2n) is 6.45. The van der Waals surface area contributed by atoms with Crippen LogP contribution in [0.15, 0.2) is 47.8 Å². The first-order valence-electron chi connectivity index (χ1n) is 9.07. The summed E-state index contributed by atoms with van der Waals surface area (Å²) >= 11 is 1.39. The largest absolute Gasteiger partial charge is 0.395 e. The summed E-state index contributed by atoms with van der Waals surface area (Å²) in [6.45, 7) is 4.93. The molecule has 0 bridgehead atoms. The van der Waals surface area contributed by atoms with Crippen molar-refractivity contribution in [1.82, 2.24) is 4.98 Å². The summed E-state index contributed by atoms with van der Waals surface area (Å²) in [5, 5.41) is 21.0. The Morgan fingerprint density at radius 1 is 1.11 bits per heavy atom. The number of hydrogen-bond donors (Lipinski definition) is 4. The second-order valence-corrected chi connectivity index (χ2v) is 7.31. The Morgan fingerprint density at radius 3 is 2.64 bits per heavy atom. The fourth-order valence-electron chi connectivity index (χ4n) is 2.78. The van der Waals surface area contributed by atoms with Crippen molar-refractivity contribution in [3.63, 3.8) is 0 Å². The standard InChI is InChI=1S/C21H24N4O2S/c1-14-5-3-4-6-18(14)23-12-16-7-8-17(19(11-16)22-9-10-26)20(27)25-21-24-15(2)13-28-21/h3-8,11,13,22-23,26H,9-10,12H2,1-2H3,(H,24,25,27). The summed E-state index contributed by atoms with van der Waals surface area (Å²) in [6, 6.07) is 13.8. The maximum absolute atomic E-state index is 12.7. The number of nitrogens with one attached hydrogen (secondary N) is 3. The number of aliphatic hydroxyl groups excluding tert-OH is 1. The van der Waals surface area contributed by atoms with Crippen LogP contribution in [0.4, 0.5) is 16.5 Å². The van der Waals surface area contributed by atoms with Crippen LogP contribution in [0.2, 0.25) is 0 Å². The molecule has 4 N–H and O–H groups in total. The molecule has 0 aliphatic rings. The molecule has 146 valence electrons. The van der Waals surface area contributed by atoms with Crippen LogP contribution in [-0.2, 0) is 6.54 Å². The Morgan fingerprint density at radius 2 is 1.93 bits per heavy atom. The summed E-state index contributed by atoms with van der Waals surface area (Å²) in [5.41, 5.74) is 5.36. The maximum atomic E-state index is 12.7. The van der Waals surface area contributed by atoms with Gasteiger partial charge in [-0.3, -0.25) is 10.1 Å². The first kappa shape index (κ1) is 19.9. The minimum Gasteiger partial charge on any atom is -0.395 e. The van der Waals surface area contributed by atoms with Crippen LogP contribution < -0.4 is 16.0 Å². The van der Waals surface area contributed by atoms with E-state index < -0.39 is 0 Å². The number of amides is 1. The van der Waals surface area contributed by atoms with Crippen molar-refractivity contribution in [2.24, 2.45) is 0 Å². The van der Waals surface area contributed by atoms with E-state index in [9.17, 15) is 4.79 Å². The number of aryl methyl sites for hydroxylation is 2. The Hall–Kier alpha value is -2.90. The molecule has 1 aromatic heterocycles. The van der Waals surface area contributed by atoms with E-state index in [0.717, 1.165) is 16.9 Å². The molecule has 0 spiro atoms. The van der Waals surface area contributed by atoms with Gasteiger partial charge in [-0.1, -0.05) is 24.3 Å². The molecule has 0 saturated heterocycles. The molecule has 0 radical (unpaired) electrons. The van der Waals surface area contributed by atoms with Gasteiger partial charge >= 0.3 is 0 Å². The number of carbonyl (C=O) groups is 1. The lowest BCUT2D eigenvalue weighted by molar-refractivity contribution is 0.102. The number of anilines is 3. The molecule has 0 fully saturated rings. The van der Waals surface area contributed by atoms with E-state index in [1.165, 1.54) is 16.9 Å². The van der Waals surface area contributed by atoms with Crippen LogP contribution in [0.1, 0.15) is 27.2 Å². The average Bonchev–Trinajstić information content (AvgIpc) is 3.10. The number of thiazole rings is 1. The van der Waals surface area contributed by atoms with Gasteiger partial charge in [0.25, 0.3) is 5.91 Å². The number of para-hydroxylation sites is 1. The number of carbonyl (C=O) groups excluding carboxylic acids is 1. The Labute approximate surface area is 168 Å². The van der Waals surface area contributed by atoms with Crippen LogP contribution in [0.3, 0.4) is 0 Å². The molecule has 3 rings (SSSR count). The lowest BCUT2D eigenvalue weighted by Gasteiger charge is -2.14. The van der Waals surface area contributed by atoms with Crippen molar-refractivity contribution >= 4 is 33.8 Å². The van der Waals surface area contributed by atoms with E-state index in [0.29, 0.717) is 29.5 Å². The summed E-state index contributed by atoms with van der Waals surface area (Å²) < 4.78 is 0. The maximum Gasteiger partial charge on any atom is 0.259 e. The zero-order chi connectivity index (χ0) is 19.9. The highest BCUT2D eigenvalue weighted by molar-refractivity contribution is 7.13. The Bertz CT molecular complexity index is 955. The van der Waals surface area contributed by atoms with Crippen molar-refractivity contribution in [2.45, 2.75) is 20.4 Å². The fourth-order valence-corrected chi connectivity index (χ4v) is 3.46. The highest BCUT2D eigenvalue weighted by Crippen LogP contribution is 2.22. The monoisotopic (exact) mass is 396 g/mol. The molecule has 0 aliphatic carbocycles. The minimum atomic E-state index is -0.229. The van der Waals surface area contributed by atoms with Gasteiger partial charge in [-0.2, -0.15) is 0 Å². The average molecular weight is 397 g/mol. The third-order valence-corrected chi connectivity index (χ3v) is 5.10. The third kappa shape index (κ3) is 5.09.